The van der Waals surface area contributed by atoms with Gasteiger partial charge in [-0.05, 0) is 24.7 Å². The number of carboxylic acid groups (broad SMARTS) is 1. The molecule has 2 aromatic rings. The summed E-state index contributed by atoms with van der Waals surface area (Å²) in [5, 5.41) is 11.4. The standard InChI is InChI=1S/C14H19N3O2S/c1-14(2)4-3-6-16(7-5-14)11-10(12(18)19)17-8-9-20-13(17)15-11/h8-9H,3-7H2,1-2H3,(H,18,19). The van der Waals surface area contributed by atoms with Crippen LogP contribution in [0, 0.1) is 5.41 Å². The van der Waals surface area contributed by atoms with E-state index in [2.05, 4.69) is 23.7 Å². The number of anilines is 1. The van der Waals surface area contributed by atoms with Crippen molar-refractivity contribution >= 4 is 28.1 Å². The predicted octanol–water partition coefficient (Wildman–Crippen LogP) is 3.11. The molecule has 0 saturated carbocycles. The fourth-order valence-electron chi connectivity index (χ4n) is 2.83. The highest BCUT2D eigenvalue weighted by Gasteiger charge is 2.28. The predicted molar refractivity (Wildman–Crippen MR) is 79.9 cm³/mol. The topological polar surface area (TPSA) is 57.8 Å². The zero-order chi connectivity index (χ0) is 14.3. The minimum Gasteiger partial charge on any atom is -0.476 e. The molecule has 0 spiro atoms. The van der Waals surface area contributed by atoms with Crippen LogP contribution in [0.1, 0.15) is 43.6 Å². The van der Waals surface area contributed by atoms with E-state index in [1.165, 1.54) is 17.8 Å². The number of hydrogen-bond acceptors (Lipinski definition) is 4. The molecule has 0 bridgehead atoms. The molecule has 1 N–H and O–H groups in total. The van der Waals surface area contributed by atoms with Gasteiger partial charge in [0.1, 0.15) is 0 Å². The maximum Gasteiger partial charge on any atom is 0.356 e. The summed E-state index contributed by atoms with van der Waals surface area (Å²) in [4.78, 5) is 19.0. The Morgan fingerprint density at radius 3 is 2.95 bits per heavy atom. The molecule has 6 heteroatoms. The van der Waals surface area contributed by atoms with Crippen LogP contribution in [0.15, 0.2) is 11.6 Å². The molecule has 0 amide bonds. The second kappa shape index (κ2) is 4.77. The molecule has 2 aromatic heterocycles. The van der Waals surface area contributed by atoms with Crippen molar-refractivity contribution in [1.29, 1.82) is 0 Å². The fourth-order valence-corrected chi connectivity index (χ4v) is 3.54. The summed E-state index contributed by atoms with van der Waals surface area (Å²) in [5.41, 5.74) is 0.621. The van der Waals surface area contributed by atoms with Crippen molar-refractivity contribution in [3.63, 3.8) is 0 Å². The smallest absolute Gasteiger partial charge is 0.356 e. The van der Waals surface area contributed by atoms with Gasteiger partial charge in [0.05, 0.1) is 0 Å². The summed E-state index contributed by atoms with van der Waals surface area (Å²) < 4.78 is 1.68. The Labute approximate surface area is 121 Å². The summed E-state index contributed by atoms with van der Waals surface area (Å²) in [6.45, 7) is 6.31. The number of aromatic nitrogens is 2. The average Bonchev–Trinajstić information content (AvgIpc) is 2.87. The van der Waals surface area contributed by atoms with Crippen LogP contribution < -0.4 is 4.90 Å². The zero-order valence-corrected chi connectivity index (χ0v) is 12.6. The molecule has 0 radical (unpaired) electrons. The monoisotopic (exact) mass is 293 g/mol. The molecule has 1 aliphatic heterocycles. The minimum atomic E-state index is -0.908. The van der Waals surface area contributed by atoms with Gasteiger partial charge in [-0.3, -0.25) is 4.40 Å². The van der Waals surface area contributed by atoms with E-state index in [0.717, 1.165) is 30.9 Å². The largest absolute Gasteiger partial charge is 0.476 e. The van der Waals surface area contributed by atoms with E-state index in [0.29, 0.717) is 16.9 Å². The average molecular weight is 293 g/mol. The Morgan fingerprint density at radius 1 is 1.40 bits per heavy atom. The third-order valence-corrected chi connectivity index (χ3v) is 4.84. The Hall–Kier alpha value is -1.56. The third kappa shape index (κ3) is 2.28. The number of fused-ring (bicyclic) bond motifs is 1. The van der Waals surface area contributed by atoms with Crippen molar-refractivity contribution in [3.05, 3.63) is 17.3 Å². The minimum absolute atomic E-state index is 0.293. The Bertz CT molecular complexity index is 644. The first-order valence-corrected chi connectivity index (χ1v) is 7.80. The van der Waals surface area contributed by atoms with Crippen molar-refractivity contribution in [1.82, 2.24) is 9.38 Å². The van der Waals surface area contributed by atoms with Crippen LogP contribution in [-0.4, -0.2) is 33.6 Å². The van der Waals surface area contributed by atoms with Crippen molar-refractivity contribution in [2.24, 2.45) is 5.41 Å². The summed E-state index contributed by atoms with van der Waals surface area (Å²) in [6.07, 6.45) is 5.10. The second-order valence-electron chi connectivity index (χ2n) is 6.15. The molecule has 0 unspecified atom stereocenters. The van der Waals surface area contributed by atoms with Crippen molar-refractivity contribution in [2.75, 3.05) is 18.0 Å². The summed E-state index contributed by atoms with van der Waals surface area (Å²) in [7, 11) is 0. The number of carbonyl (C=O) groups is 1. The fraction of sp³-hybridized carbons (Fsp3) is 0.571. The molecule has 3 rings (SSSR count). The lowest BCUT2D eigenvalue weighted by Crippen LogP contribution is -2.27. The number of aromatic carboxylic acids is 1. The normalized spacial score (nSPS) is 19.2. The van der Waals surface area contributed by atoms with Crippen LogP contribution in [0.25, 0.3) is 4.96 Å². The summed E-state index contributed by atoms with van der Waals surface area (Å²) in [5.74, 6) is -0.281. The Balaban J connectivity index is 1.99. The van der Waals surface area contributed by atoms with Gasteiger partial charge in [0.15, 0.2) is 16.5 Å². The highest BCUT2D eigenvalue weighted by atomic mass is 32.1. The van der Waals surface area contributed by atoms with Crippen molar-refractivity contribution in [2.45, 2.75) is 33.1 Å². The van der Waals surface area contributed by atoms with E-state index in [9.17, 15) is 9.90 Å². The highest BCUT2D eigenvalue weighted by molar-refractivity contribution is 7.15. The molecular formula is C14H19N3O2S. The van der Waals surface area contributed by atoms with Gasteiger partial charge in [0, 0.05) is 24.7 Å². The van der Waals surface area contributed by atoms with Gasteiger partial charge in [0.25, 0.3) is 0 Å². The zero-order valence-electron chi connectivity index (χ0n) is 11.8. The maximum absolute atomic E-state index is 11.6. The van der Waals surface area contributed by atoms with Gasteiger partial charge >= 0.3 is 5.97 Å². The Morgan fingerprint density at radius 2 is 2.20 bits per heavy atom. The van der Waals surface area contributed by atoms with Gasteiger partial charge in [-0.1, -0.05) is 13.8 Å². The molecule has 20 heavy (non-hydrogen) atoms. The molecular weight excluding hydrogens is 274 g/mol. The Kier molecular flexibility index (Phi) is 3.20. The van der Waals surface area contributed by atoms with E-state index in [1.54, 1.807) is 10.6 Å². The third-order valence-electron chi connectivity index (χ3n) is 4.09. The lowest BCUT2D eigenvalue weighted by atomic mass is 9.85. The van der Waals surface area contributed by atoms with Crippen LogP contribution in [0.3, 0.4) is 0 Å². The number of nitrogens with zero attached hydrogens (tertiary/aromatic N) is 3. The van der Waals surface area contributed by atoms with Gasteiger partial charge in [-0.25, -0.2) is 9.78 Å². The molecule has 108 valence electrons. The van der Waals surface area contributed by atoms with E-state index >= 15 is 0 Å². The van der Waals surface area contributed by atoms with Crippen LogP contribution in [0.2, 0.25) is 0 Å². The SMILES string of the molecule is CC1(C)CCCN(c2nc3sccn3c2C(=O)O)CC1. The first-order chi connectivity index (χ1) is 9.48. The molecule has 0 aliphatic carbocycles. The van der Waals surface area contributed by atoms with E-state index in [4.69, 9.17) is 0 Å². The molecule has 1 aliphatic rings. The molecule has 1 saturated heterocycles. The molecule has 0 atom stereocenters. The van der Waals surface area contributed by atoms with Gasteiger partial charge < -0.3 is 10.0 Å². The number of imidazole rings is 1. The molecule has 3 heterocycles. The van der Waals surface area contributed by atoms with Gasteiger partial charge in [-0.15, -0.1) is 11.3 Å². The quantitative estimate of drug-likeness (QED) is 0.924. The van der Waals surface area contributed by atoms with E-state index in [-0.39, 0.29) is 0 Å². The van der Waals surface area contributed by atoms with Crippen LogP contribution in [0.4, 0.5) is 5.82 Å². The molecule has 5 nitrogen and oxygen atoms in total. The van der Waals surface area contributed by atoms with Crippen molar-refractivity contribution < 1.29 is 9.90 Å². The number of hydrogen-bond donors (Lipinski definition) is 1. The highest BCUT2D eigenvalue weighted by Crippen LogP contribution is 2.33. The van der Waals surface area contributed by atoms with E-state index < -0.39 is 5.97 Å². The summed E-state index contributed by atoms with van der Waals surface area (Å²) in [6, 6.07) is 0. The first-order valence-electron chi connectivity index (χ1n) is 6.92. The van der Waals surface area contributed by atoms with Gasteiger partial charge in [0.2, 0.25) is 0 Å². The van der Waals surface area contributed by atoms with Crippen LogP contribution >= 0.6 is 11.3 Å². The van der Waals surface area contributed by atoms with Crippen LogP contribution in [-0.2, 0) is 0 Å². The summed E-state index contributed by atoms with van der Waals surface area (Å²) >= 11 is 1.47. The maximum atomic E-state index is 11.6. The number of rotatable bonds is 2. The number of carboxylic acids is 1. The number of thiazole rings is 1. The lowest BCUT2D eigenvalue weighted by molar-refractivity contribution is 0.0690. The van der Waals surface area contributed by atoms with Gasteiger partial charge in [-0.2, -0.15) is 0 Å². The van der Waals surface area contributed by atoms with E-state index in [1.807, 2.05) is 5.38 Å². The van der Waals surface area contributed by atoms with Crippen molar-refractivity contribution in [3.8, 4) is 0 Å². The lowest BCUT2D eigenvalue weighted by Gasteiger charge is -2.23. The second-order valence-corrected chi connectivity index (χ2v) is 7.02. The first kappa shape index (κ1) is 13.4. The van der Waals surface area contributed by atoms with Crippen LogP contribution in [0.5, 0.6) is 0 Å². The molecule has 1 fully saturated rings. The molecule has 0 aromatic carbocycles.